The molecular weight excluding hydrogens is 322 g/mol. The molecule has 0 atom stereocenters. The summed E-state index contributed by atoms with van der Waals surface area (Å²) < 4.78 is 0. The second kappa shape index (κ2) is 7.08. The summed E-state index contributed by atoms with van der Waals surface area (Å²) in [4.78, 5) is 7.51. The predicted molar refractivity (Wildman–Crippen MR) is 107 cm³/mol. The molecule has 0 bridgehead atoms. The first-order chi connectivity index (χ1) is 12.6. The zero-order valence-electron chi connectivity index (χ0n) is 15.7. The van der Waals surface area contributed by atoms with Crippen LogP contribution in [0.15, 0.2) is 24.3 Å². The normalized spacial score (nSPS) is 15.6. The van der Waals surface area contributed by atoms with Crippen LogP contribution in [-0.4, -0.2) is 39.7 Å². The lowest BCUT2D eigenvalue weighted by Crippen LogP contribution is -2.31. The summed E-state index contributed by atoms with van der Waals surface area (Å²) in [5.41, 5.74) is 12.9. The Balaban J connectivity index is 1.79. The lowest BCUT2D eigenvalue weighted by atomic mass is 9.94. The van der Waals surface area contributed by atoms with E-state index in [1.807, 2.05) is 0 Å². The van der Waals surface area contributed by atoms with E-state index >= 15 is 0 Å². The molecule has 0 saturated carbocycles. The Morgan fingerprint density at radius 2 is 1.88 bits per heavy atom. The number of rotatable bonds is 4. The van der Waals surface area contributed by atoms with E-state index in [2.05, 4.69) is 53.2 Å². The van der Waals surface area contributed by atoms with Crippen molar-refractivity contribution in [3.05, 3.63) is 41.0 Å². The molecule has 1 aromatic carbocycles. The molecule has 3 heterocycles. The number of aryl methyl sites for hydroxylation is 2. The molecule has 1 saturated heterocycles. The summed E-state index contributed by atoms with van der Waals surface area (Å²) in [6, 6.07) is 8.46. The SMILES string of the molecule is Cc1ccccc1-c1nc2[nH]nc(N)c2c(C)c1CCN1CCCCC1. The molecule has 2 aromatic heterocycles. The first-order valence-corrected chi connectivity index (χ1v) is 9.56. The van der Waals surface area contributed by atoms with Crippen LogP contribution in [0.5, 0.6) is 0 Å². The quantitative estimate of drug-likeness (QED) is 0.750. The summed E-state index contributed by atoms with van der Waals surface area (Å²) >= 11 is 0. The summed E-state index contributed by atoms with van der Waals surface area (Å²) in [5.74, 6) is 0.542. The van der Waals surface area contributed by atoms with Gasteiger partial charge in [-0.3, -0.25) is 5.10 Å². The molecule has 0 amide bonds. The Labute approximate surface area is 154 Å². The van der Waals surface area contributed by atoms with Gasteiger partial charge in [0.15, 0.2) is 11.5 Å². The summed E-state index contributed by atoms with van der Waals surface area (Å²) in [6.45, 7) is 7.80. The van der Waals surface area contributed by atoms with Crippen molar-refractivity contribution >= 4 is 16.9 Å². The zero-order chi connectivity index (χ0) is 18.1. The average molecular weight is 349 g/mol. The fraction of sp³-hybridized carbons (Fsp3) is 0.429. The third-order valence-corrected chi connectivity index (χ3v) is 5.64. The first kappa shape index (κ1) is 17.0. The third-order valence-electron chi connectivity index (χ3n) is 5.64. The van der Waals surface area contributed by atoms with Gasteiger partial charge in [-0.25, -0.2) is 4.98 Å². The van der Waals surface area contributed by atoms with Crippen molar-refractivity contribution in [3.8, 4) is 11.3 Å². The Morgan fingerprint density at radius 3 is 2.65 bits per heavy atom. The van der Waals surface area contributed by atoms with Crippen LogP contribution in [0, 0.1) is 13.8 Å². The Bertz CT molecular complexity index is 922. The maximum absolute atomic E-state index is 6.11. The van der Waals surface area contributed by atoms with Crippen LogP contribution in [0.25, 0.3) is 22.3 Å². The van der Waals surface area contributed by atoms with Gasteiger partial charge in [-0.1, -0.05) is 30.7 Å². The molecule has 1 fully saturated rings. The van der Waals surface area contributed by atoms with E-state index in [4.69, 9.17) is 10.7 Å². The van der Waals surface area contributed by atoms with Gasteiger partial charge in [-0.2, -0.15) is 5.10 Å². The fourth-order valence-electron chi connectivity index (χ4n) is 4.12. The van der Waals surface area contributed by atoms with Gasteiger partial charge in [-0.05, 0) is 62.9 Å². The van der Waals surface area contributed by atoms with Gasteiger partial charge in [0.05, 0.1) is 11.1 Å². The summed E-state index contributed by atoms with van der Waals surface area (Å²) in [6.07, 6.45) is 4.98. The molecule has 0 unspecified atom stereocenters. The number of nitrogens with one attached hydrogen (secondary N) is 1. The van der Waals surface area contributed by atoms with Crippen LogP contribution < -0.4 is 5.73 Å². The first-order valence-electron chi connectivity index (χ1n) is 9.56. The smallest absolute Gasteiger partial charge is 0.158 e. The molecule has 0 radical (unpaired) electrons. The Kier molecular flexibility index (Phi) is 4.64. The van der Waals surface area contributed by atoms with Crippen molar-refractivity contribution in [1.82, 2.24) is 20.1 Å². The van der Waals surface area contributed by atoms with Gasteiger partial charge >= 0.3 is 0 Å². The fourth-order valence-corrected chi connectivity index (χ4v) is 4.12. The maximum Gasteiger partial charge on any atom is 0.158 e. The third kappa shape index (κ3) is 3.07. The van der Waals surface area contributed by atoms with Crippen molar-refractivity contribution in [2.45, 2.75) is 39.5 Å². The highest BCUT2D eigenvalue weighted by Gasteiger charge is 2.19. The number of piperidine rings is 1. The van der Waals surface area contributed by atoms with Crippen molar-refractivity contribution in [2.24, 2.45) is 0 Å². The van der Waals surface area contributed by atoms with Crippen LogP contribution in [0.3, 0.4) is 0 Å². The standard InChI is InChI=1S/C21H27N5/c1-14-8-4-5-9-16(14)19-17(10-13-26-11-6-3-7-12-26)15(2)18-20(22)24-25-21(18)23-19/h4-5,8-9H,3,6-7,10-13H2,1-2H3,(H3,22,23,24,25). The molecule has 3 N–H and O–H groups in total. The minimum Gasteiger partial charge on any atom is -0.382 e. The van der Waals surface area contributed by atoms with Gasteiger partial charge in [0.1, 0.15) is 0 Å². The number of fused-ring (bicyclic) bond motifs is 1. The molecule has 0 aliphatic carbocycles. The highest BCUT2D eigenvalue weighted by molar-refractivity contribution is 5.92. The highest BCUT2D eigenvalue weighted by atomic mass is 15.2. The van der Waals surface area contributed by atoms with Crippen LogP contribution in [0.2, 0.25) is 0 Å². The van der Waals surface area contributed by atoms with E-state index in [0.717, 1.165) is 29.7 Å². The number of hydrogen-bond donors (Lipinski definition) is 2. The molecule has 5 nitrogen and oxygen atoms in total. The van der Waals surface area contributed by atoms with Gasteiger partial charge in [0, 0.05) is 12.1 Å². The molecule has 4 rings (SSSR count). The molecular formula is C21H27N5. The number of anilines is 1. The van der Waals surface area contributed by atoms with Crippen molar-refractivity contribution in [3.63, 3.8) is 0 Å². The second-order valence-corrected chi connectivity index (χ2v) is 7.36. The number of aromatic amines is 1. The number of benzene rings is 1. The largest absolute Gasteiger partial charge is 0.382 e. The van der Waals surface area contributed by atoms with Crippen LogP contribution in [0.1, 0.15) is 36.0 Å². The molecule has 1 aliphatic heterocycles. The lowest BCUT2D eigenvalue weighted by molar-refractivity contribution is 0.231. The van der Waals surface area contributed by atoms with Gasteiger partial charge < -0.3 is 10.6 Å². The highest BCUT2D eigenvalue weighted by Crippen LogP contribution is 2.33. The predicted octanol–water partition coefficient (Wildman–Crippen LogP) is 3.85. The Hall–Kier alpha value is -2.40. The average Bonchev–Trinajstić information content (AvgIpc) is 3.03. The second-order valence-electron chi connectivity index (χ2n) is 7.36. The minimum absolute atomic E-state index is 0.542. The number of nitrogens with zero attached hydrogens (tertiary/aromatic N) is 3. The lowest BCUT2D eigenvalue weighted by Gasteiger charge is -2.27. The van der Waals surface area contributed by atoms with Crippen LogP contribution in [0.4, 0.5) is 5.82 Å². The van der Waals surface area contributed by atoms with E-state index < -0.39 is 0 Å². The van der Waals surface area contributed by atoms with Crippen molar-refractivity contribution in [2.75, 3.05) is 25.4 Å². The van der Waals surface area contributed by atoms with E-state index in [-0.39, 0.29) is 0 Å². The molecule has 0 spiro atoms. The topological polar surface area (TPSA) is 70.8 Å². The summed E-state index contributed by atoms with van der Waals surface area (Å²) in [7, 11) is 0. The van der Waals surface area contributed by atoms with E-state index in [1.54, 1.807) is 0 Å². The number of nitrogen functional groups attached to an aromatic ring is 1. The van der Waals surface area contributed by atoms with Crippen LogP contribution >= 0.6 is 0 Å². The van der Waals surface area contributed by atoms with Gasteiger partial charge in [0.25, 0.3) is 0 Å². The van der Waals surface area contributed by atoms with Crippen molar-refractivity contribution < 1.29 is 0 Å². The maximum atomic E-state index is 6.11. The number of aromatic nitrogens is 3. The zero-order valence-corrected chi connectivity index (χ0v) is 15.7. The number of likely N-dealkylation sites (tertiary alicyclic amines) is 1. The van der Waals surface area contributed by atoms with E-state index in [0.29, 0.717) is 5.82 Å². The van der Waals surface area contributed by atoms with Gasteiger partial charge in [-0.15, -0.1) is 0 Å². The monoisotopic (exact) mass is 349 g/mol. The number of nitrogens with two attached hydrogens (primary N) is 1. The number of pyridine rings is 1. The Morgan fingerprint density at radius 1 is 1.12 bits per heavy atom. The van der Waals surface area contributed by atoms with Crippen LogP contribution in [-0.2, 0) is 6.42 Å². The molecule has 136 valence electrons. The molecule has 3 aromatic rings. The van der Waals surface area contributed by atoms with Gasteiger partial charge in [0.2, 0.25) is 0 Å². The van der Waals surface area contributed by atoms with E-state index in [1.165, 1.54) is 54.6 Å². The molecule has 5 heteroatoms. The van der Waals surface area contributed by atoms with E-state index in [9.17, 15) is 0 Å². The minimum atomic E-state index is 0.542. The molecule has 26 heavy (non-hydrogen) atoms. The number of H-pyrrole nitrogens is 1. The summed E-state index contributed by atoms with van der Waals surface area (Å²) in [5, 5.41) is 8.15. The number of hydrogen-bond acceptors (Lipinski definition) is 4. The van der Waals surface area contributed by atoms with Crippen molar-refractivity contribution in [1.29, 1.82) is 0 Å². The molecule has 1 aliphatic rings.